The zero-order valence-corrected chi connectivity index (χ0v) is 22.9. The van der Waals surface area contributed by atoms with E-state index in [1.165, 1.54) is 0 Å². The fourth-order valence-corrected chi connectivity index (χ4v) is 5.51. The van der Waals surface area contributed by atoms with Gasteiger partial charge in [0.2, 0.25) is 0 Å². The normalized spacial score (nSPS) is 26.0. The van der Waals surface area contributed by atoms with Gasteiger partial charge in [-0.3, -0.25) is 9.59 Å². The van der Waals surface area contributed by atoms with E-state index in [9.17, 15) is 24.9 Å². The van der Waals surface area contributed by atoms with Gasteiger partial charge in [0.05, 0.1) is 43.4 Å². The number of allylic oxidation sites excluding steroid dienone is 1. The number of ether oxygens (including phenoxy) is 1. The number of hydrogen-bond donors (Lipinski definition) is 3. The van der Waals surface area contributed by atoms with E-state index >= 15 is 0 Å². The van der Waals surface area contributed by atoms with Crippen molar-refractivity contribution in [2.24, 2.45) is 17.8 Å². The van der Waals surface area contributed by atoms with Crippen molar-refractivity contribution in [3.8, 4) is 0 Å². The summed E-state index contributed by atoms with van der Waals surface area (Å²) in [5.41, 5.74) is -0.804. The van der Waals surface area contributed by atoms with Gasteiger partial charge >= 0.3 is 0 Å². The van der Waals surface area contributed by atoms with Crippen LogP contribution in [0.25, 0.3) is 0 Å². The molecule has 192 valence electrons. The Morgan fingerprint density at radius 3 is 2.15 bits per heavy atom. The highest BCUT2D eigenvalue weighted by Crippen LogP contribution is 2.50. The molecule has 33 heavy (non-hydrogen) atoms. The summed E-state index contributed by atoms with van der Waals surface area (Å²) in [5.74, 6) is -2.80. The van der Waals surface area contributed by atoms with Crippen LogP contribution in [0.1, 0.15) is 61.3 Å². The molecule has 8 heteroatoms. The highest BCUT2D eigenvalue weighted by atomic mass is 28.4. The van der Waals surface area contributed by atoms with Crippen molar-refractivity contribution in [2.45, 2.75) is 103 Å². The van der Waals surface area contributed by atoms with E-state index < -0.39 is 57.0 Å². The summed E-state index contributed by atoms with van der Waals surface area (Å²) in [5, 5.41) is 30.7. The molecule has 0 aliphatic carbocycles. The smallest absolute Gasteiger partial charge is 0.192 e. The largest absolute Gasteiger partial charge is 0.410 e. The van der Waals surface area contributed by atoms with Crippen LogP contribution in [0, 0.1) is 17.8 Å². The summed E-state index contributed by atoms with van der Waals surface area (Å²) >= 11 is 0. The van der Waals surface area contributed by atoms with Crippen LogP contribution in [-0.2, 0) is 18.8 Å². The number of rotatable bonds is 14. The van der Waals surface area contributed by atoms with E-state index in [0.29, 0.717) is 0 Å². The Kier molecular flexibility index (Phi) is 10.7. The molecule has 7 atom stereocenters. The van der Waals surface area contributed by atoms with Crippen molar-refractivity contribution in [3.05, 3.63) is 12.2 Å². The minimum atomic E-state index is -2.39. The maximum Gasteiger partial charge on any atom is 0.192 e. The third kappa shape index (κ3) is 7.05. The molecule has 3 N–H and O–H groups in total. The molecule has 1 aliphatic rings. The number of epoxide rings is 1. The van der Waals surface area contributed by atoms with E-state index in [4.69, 9.17) is 9.16 Å². The Morgan fingerprint density at radius 2 is 1.73 bits per heavy atom. The predicted octanol–water partition coefficient (Wildman–Crippen LogP) is 3.26. The van der Waals surface area contributed by atoms with Gasteiger partial charge in [0.25, 0.3) is 0 Å². The average Bonchev–Trinajstić information content (AvgIpc) is 3.40. The van der Waals surface area contributed by atoms with Gasteiger partial charge in [-0.25, -0.2) is 0 Å². The third-order valence-electron chi connectivity index (χ3n) is 7.44. The van der Waals surface area contributed by atoms with Gasteiger partial charge in [-0.05, 0) is 32.0 Å². The maximum atomic E-state index is 13.5. The summed E-state index contributed by atoms with van der Waals surface area (Å²) in [6.45, 7) is 16.9. The van der Waals surface area contributed by atoms with Gasteiger partial charge in [-0.2, -0.15) is 0 Å². The van der Waals surface area contributed by atoms with Crippen molar-refractivity contribution in [2.75, 3.05) is 13.2 Å². The van der Waals surface area contributed by atoms with Crippen molar-refractivity contribution in [1.29, 1.82) is 0 Å². The first-order valence-electron chi connectivity index (χ1n) is 12.0. The first-order valence-corrected chi connectivity index (χ1v) is 15.0. The van der Waals surface area contributed by atoms with Crippen molar-refractivity contribution in [1.82, 2.24) is 0 Å². The minimum Gasteiger partial charge on any atom is -0.410 e. The van der Waals surface area contributed by atoms with Gasteiger partial charge in [-0.1, -0.05) is 46.8 Å². The number of carbonyl (C=O) groups is 2. The quantitative estimate of drug-likeness (QED) is 0.196. The van der Waals surface area contributed by atoms with Gasteiger partial charge in [0.1, 0.15) is 17.2 Å². The van der Waals surface area contributed by atoms with Gasteiger partial charge in [0.15, 0.2) is 8.32 Å². The Balaban J connectivity index is 3.36. The van der Waals surface area contributed by atoms with Crippen LogP contribution < -0.4 is 0 Å². The number of ketones is 2. The van der Waals surface area contributed by atoms with Crippen LogP contribution in [0.15, 0.2) is 12.2 Å². The first kappa shape index (κ1) is 30.1. The molecule has 1 saturated heterocycles. The zero-order chi connectivity index (χ0) is 25.8. The monoisotopic (exact) mass is 486 g/mol. The Labute approximate surface area is 200 Å². The summed E-state index contributed by atoms with van der Waals surface area (Å²) < 4.78 is 12.8. The van der Waals surface area contributed by atoms with E-state index in [1.54, 1.807) is 6.92 Å². The van der Waals surface area contributed by atoms with Crippen LogP contribution in [0.3, 0.4) is 0 Å². The van der Waals surface area contributed by atoms with Crippen molar-refractivity contribution < 1.29 is 34.1 Å². The number of hydrogen-bond acceptors (Lipinski definition) is 7. The van der Waals surface area contributed by atoms with E-state index in [2.05, 4.69) is 33.9 Å². The van der Waals surface area contributed by atoms with E-state index in [-0.39, 0.29) is 35.7 Å². The van der Waals surface area contributed by atoms with E-state index in [1.807, 2.05) is 32.9 Å². The van der Waals surface area contributed by atoms with E-state index in [0.717, 1.165) is 0 Å². The molecule has 0 spiro atoms. The van der Waals surface area contributed by atoms with Crippen molar-refractivity contribution in [3.63, 3.8) is 0 Å². The fourth-order valence-electron chi connectivity index (χ4n) is 4.13. The highest BCUT2D eigenvalue weighted by Gasteiger charge is 2.64. The molecule has 0 amide bonds. The molecular weight excluding hydrogens is 440 g/mol. The SMILES string of the molecule is C/C=C\[C@H](C)[C@H]1O[C@@]1(C)[C@@H](O[Si](C)(C)C(C)(C)C)[C@@H](CO)C(=O)[C@@H](CO)[C@H](O)CC(=O)CC. The lowest BCUT2D eigenvalue weighted by molar-refractivity contribution is -0.140. The van der Waals surface area contributed by atoms with Gasteiger partial charge in [-0.15, -0.1) is 0 Å². The molecular formula is C25H46O7Si. The second-order valence-corrected chi connectivity index (χ2v) is 15.8. The topological polar surface area (TPSA) is 117 Å². The Morgan fingerprint density at radius 1 is 1.18 bits per heavy atom. The van der Waals surface area contributed by atoms with Crippen LogP contribution >= 0.6 is 0 Å². The molecule has 0 bridgehead atoms. The lowest BCUT2D eigenvalue weighted by Crippen LogP contribution is -2.55. The molecule has 1 rings (SSSR count). The van der Waals surface area contributed by atoms with Crippen molar-refractivity contribution >= 4 is 19.9 Å². The summed E-state index contributed by atoms with van der Waals surface area (Å²) in [6, 6.07) is 0. The standard InChI is InChI=1S/C25H46O7Si/c1-10-12-16(3)22-25(7,31-22)23(32-33(8,9)24(4,5)6)19(15-27)21(30)18(14-26)20(29)13-17(28)11-2/h10,12,16,18-20,22-23,26-27,29H,11,13-15H2,1-9H3/b12-10-/t16-,18-,19-,20+,22+,23-,25+/m0/s1. The van der Waals surface area contributed by atoms with Gasteiger partial charge < -0.3 is 24.5 Å². The summed E-state index contributed by atoms with van der Waals surface area (Å²) in [7, 11) is -2.39. The van der Waals surface area contributed by atoms with Crippen LogP contribution in [0.5, 0.6) is 0 Å². The Hall–Kier alpha value is -0.903. The number of Topliss-reactive ketones (excluding diaryl/α,β-unsaturated/α-hetero) is 2. The Bertz CT molecular complexity index is 699. The predicted molar refractivity (Wildman–Crippen MR) is 131 cm³/mol. The minimum absolute atomic E-state index is 0.0846. The third-order valence-corrected chi connectivity index (χ3v) is 11.9. The maximum absolute atomic E-state index is 13.5. The van der Waals surface area contributed by atoms with Crippen LogP contribution in [-0.4, -0.2) is 72.3 Å². The van der Waals surface area contributed by atoms with Crippen LogP contribution in [0.2, 0.25) is 18.1 Å². The second kappa shape index (κ2) is 11.7. The first-order chi connectivity index (χ1) is 15.1. The second-order valence-electron chi connectivity index (χ2n) is 11.1. The summed E-state index contributed by atoms with van der Waals surface area (Å²) in [4.78, 5) is 25.4. The molecule has 0 saturated carbocycles. The fraction of sp³-hybridized carbons (Fsp3) is 0.840. The highest BCUT2D eigenvalue weighted by molar-refractivity contribution is 6.74. The number of carbonyl (C=O) groups excluding carboxylic acids is 2. The molecule has 0 aromatic carbocycles. The van der Waals surface area contributed by atoms with Gasteiger partial charge in [0, 0.05) is 18.8 Å². The number of aliphatic hydroxyl groups excluding tert-OH is 3. The molecule has 1 heterocycles. The molecule has 1 fully saturated rings. The lowest BCUT2D eigenvalue weighted by Gasteiger charge is -2.43. The zero-order valence-electron chi connectivity index (χ0n) is 21.9. The number of aliphatic hydroxyl groups is 3. The lowest BCUT2D eigenvalue weighted by atomic mass is 9.79. The molecule has 1 aliphatic heterocycles. The van der Waals surface area contributed by atoms with Crippen LogP contribution in [0.4, 0.5) is 0 Å². The average molecular weight is 487 g/mol. The molecule has 0 radical (unpaired) electrons. The molecule has 0 aromatic rings. The molecule has 7 nitrogen and oxygen atoms in total. The molecule has 0 unspecified atom stereocenters. The summed E-state index contributed by atoms with van der Waals surface area (Å²) in [6.07, 6.45) is 1.75. The molecule has 0 aromatic heterocycles.